The topological polar surface area (TPSA) is 76.4 Å². The molecule has 0 unspecified atom stereocenters. The summed E-state index contributed by atoms with van der Waals surface area (Å²) in [5.41, 5.74) is 1.16. The van der Waals surface area contributed by atoms with Crippen molar-refractivity contribution in [1.82, 2.24) is 25.4 Å². The van der Waals surface area contributed by atoms with Gasteiger partial charge in [-0.05, 0) is 24.1 Å². The van der Waals surface area contributed by atoms with Gasteiger partial charge in [-0.15, -0.1) is 34.2 Å². The number of benzene rings is 1. The highest BCUT2D eigenvalue weighted by molar-refractivity contribution is 14.0. The lowest BCUT2D eigenvalue weighted by molar-refractivity contribution is 0.309. The predicted molar refractivity (Wildman–Crippen MR) is 120 cm³/mol. The van der Waals surface area contributed by atoms with E-state index < -0.39 is 0 Å². The Kier molecular flexibility index (Phi) is 11.5. The van der Waals surface area contributed by atoms with Crippen LogP contribution in [0.2, 0.25) is 0 Å². The number of hydrogen-bond acceptors (Lipinski definition) is 4. The monoisotopic (exact) mass is 486 g/mol. The Labute approximate surface area is 179 Å². The summed E-state index contributed by atoms with van der Waals surface area (Å²) in [5.74, 6) is 2.68. The predicted octanol–water partition coefficient (Wildman–Crippen LogP) is 3.00. The van der Waals surface area contributed by atoms with Crippen LogP contribution in [0.4, 0.5) is 0 Å². The summed E-state index contributed by atoms with van der Waals surface area (Å²) in [5, 5.41) is 14.7. The zero-order valence-electron chi connectivity index (χ0n) is 16.4. The van der Waals surface area contributed by atoms with Gasteiger partial charge in [0.1, 0.15) is 17.9 Å². The van der Waals surface area contributed by atoms with Crippen LogP contribution in [0.5, 0.6) is 5.75 Å². The molecule has 2 aromatic rings. The van der Waals surface area contributed by atoms with Crippen molar-refractivity contribution in [3.8, 4) is 5.75 Å². The molecule has 1 aromatic heterocycles. The fourth-order valence-corrected chi connectivity index (χ4v) is 2.52. The number of aryl methyl sites for hydroxylation is 1. The summed E-state index contributed by atoms with van der Waals surface area (Å²) >= 11 is 0. The highest BCUT2D eigenvalue weighted by Gasteiger charge is 2.03. The van der Waals surface area contributed by atoms with Crippen LogP contribution in [-0.2, 0) is 19.5 Å². The molecule has 0 saturated heterocycles. The third-order valence-corrected chi connectivity index (χ3v) is 4.01. The van der Waals surface area contributed by atoms with Crippen molar-refractivity contribution < 1.29 is 4.74 Å². The average molecular weight is 486 g/mol. The van der Waals surface area contributed by atoms with E-state index in [2.05, 4.69) is 56.4 Å². The maximum absolute atomic E-state index is 5.76. The molecule has 7 nitrogen and oxygen atoms in total. The summed E-state index contributed by atoms with van der Waals surface area (Å²) in [7, 11) is 1.77. The lowest BCUT2D eigenvalue weighted by Gasteiger charge is -2.13. The van der Waals surface area contributed by atoms with E-state index in [4.69, 9.17) is 4.74 Å². The van der Waals surface area contributed by atoms with Crippen molar-refractivity contribution in [2.24, 2.45) is 4.99 Å². The molecule has 0 aliphatic rings. The third kappa shape index (κ3) is 8.15. The van der Waals surface area contributed by atoms with E-state index in [-0.39, 0.29) is 24.0 Å². The summed E-state index contributed by atoms with van der Waals surface area (Å²) in [6, 6.07) is 8.17. The molecule has 2 rings (SSSR count). The lowest BCUT2D eigenvalue weighted by atomic mass is 10.2. The summed E-state index contributed by atoms with van der Waals surface area (Å²) in [6.45, 7) is 7.25. The van der Waals surface area contributed by atoms with Gasteiger partial charge in [0.25, 0.3) is 0 Å². The zero-order chi connectivity index (χ0) is 18.6. The third-order valence-electron chi connectivity index (χ3n) is 4.01. The molecule has 0 fully saturated rings. The largest absolute Gasteiger partial charge is 0.494 e. The Morgan fingerprint density at radius 2 is 2.11 bits per heavy atom. The molecule has 150 valence electrons. The van der Waals surface area contributed by atoms with Crippen molar-refractivity contribution >= 4 is 29.9 Å². The Balaban J connectivity index is 0.00000364. The molecule has 8 heteroatoms. The highest BCUT2D eigenvalue weighted by atomic mass is 127. The normalized spacial score (nSPS) is 11.0. The SMILES string of the molecule is CCCCOc1cccc(CNC(=NC)NCCn2cnnc2CC)c1.I. The molecule has 0 amide bonds. The Morgan fingerprint density at radius 3 is 2.85 bits per heavy atom. The quantitative estimate of drug-likeness (QED) is 0.234. The highest BCUT2D eigenvalue weighted by Crippen LogP contribution is 2.13. The minimum Gasteiger partial charge on any atom is -0.494 e. The molecule has 1 aromatic carbocycles. The molecule has 0 saturated carbocycles. The number of aromatic nitrogens is 3. The van der Waals surface area contributed by atoms with Crippen LogP contribution in [0.15, 0.2) is 35.6 Å². The van der Waals surface area contributed by atoms with E-state index in [1.807, 2.05) is 12.1 Å². The summed E-state index contributed by atoms with van der Waals surface area (Å²) < 4.78 is 7.81. The van der Waals surface area contributed by atoms with Crippen molar-refractivity contribution in [1.29, 1.82) is 0 Å². The smallest absolute Gasteiger partial charge is 0.191 e. The van der Waals surface area contributed by atoms with Gasteiger partial charge in [0.05, 0.1) is 6.61 Å². The second-order valence-electron chi connectivity index (χ2n) is 6.00. The van der Waals surface area contributed by atoms with Crippen molar-refractivity contribution in [3.63, 3.8) is 0 Å². The van der Waals surface area contributed by atoms with Gasteiger partial charge in [0.15, 0.2) is 5.96 Å². The summed E-state index contributed by atoms with van der Waals surface area (Å²) in [6.07, 6.45) is 4.85. The Morgan fingerprint density at radius 1 is 1.26 bits per heavy atom. The standard InChI is InChI=1S/C19H30N6O.HI/c1-4-6-12-26-17-9-7-8-16(13-17)14-22-19(20-3)21-10-11-25-15-23-24-18(25)5-2;/h7-9,13,15H,4-6,10-12,14H2,1-3H3,(H2,20,21,22);1H. The van der Waals surface area contributed by atoms with Crippen molar-refractivity contribution in [2.45, 2.75) is 46.2 Å². The van der Waals surface area contributed by atoms with Crippen LogP contribution in [0.3, 0.4) is 0 Å². The van der Waals surface area contributed by atoms with Gasteiger partial charge in [-0.2, -0.15) is 0 Å². The molecule has 0 spiro atoms. The van der Waals surface area contributed by atoms with E-state index >= 15 is 0 Å². The number of nitrogens with zero attached hydrogens (tertiary/aromatic N) is 4. The molecular formula is C19H31IN6O. The van der Waals surface area contributed by atoms with Gasteiger partial charge < -0.3 is 19.9 Å². The first-order valence-corrected chi connectivity index (χ1v) is 9.29. The van der Waals surface area contributed by atoms with Crippen LogP contribution in [0, 0.1) is 0 Å². The van der Waals surface area contributed by atoms with Crippen LogP contribution in [0.1, 0.15) is 38.1 Å². The second kappa shape index (κ2) is 13.3. The first-order chi connectivity index (χ1) is 12.8. The zero-order valence-corrected chi connectivity index (χ0v) is 18.8. The van der Waals surface area contributed by atoms with E-state index in [0.717, 1.165) is 62.1 Å². The average Bonchev–Trinajstić information content (AvgIpc) is 3.12. The van der Waals surface area contributed by atoms with Gasteiger partial charge in [-0.3, -0.25) is 4.99 Å². The van der Waals surface area contributed by atoms with E-state index in [9.17, 15) is 0 Å². The molecule has 27 heavy (non-hydrogen) atoms. The molecule has 1 heterocycles. The Bertz CT molecular complexity index is 688. The van der Waals surface area contributed by atoms with Crippen LogP contribution in [-0.4, -0.2) is 40.9 Å². The maximum atomic E-state index is 5.76. The second-order valence-corrected chi connectivity index (χ2v) is 6.00. The van der Waals surface area contributed by atoms with E-state index in [0.29, 0.717) is 6.54 Å². The van der Waals surface area contributed by atoms with Crippen molar-refractivity contribution in [3.05, 3.63) is 42.0 Å². The fraction of sp³-hybridized carbons (Fsp3) is 0.526. The van der Waals surface area contributed by atoms with Gasteiger partial charge in [-0.1, -0.05) is 32.4 Å². The lowest BCUT2D eigenvalue weighted by Crippen LogP contribution is -2.38. The van der Waals surface area contributed by atoms with Gasteiger partial charge in [-0.25, -0.2) is 0 Å². The number of halogens is 1. The Hall–Kier alpha value is -1.84. The van der Waals surface area contributed by atoms with E-state index in [1.165, 1.54) is 0 Å². The van der Waals surface area contributed by atoms with Gasteiger partial charge in [0.2, 0.25) is 0 Å². The minimum atomic E-state index is 0. The minimum absolute atomic E-state index is 0. The number of unbranched alkanes of at least 4 members (excludes halogenated alkanes) is 1. The number of rotatable bonds is 10. The first-order valence-electron chi connectivity index (χ1n) is 9.29. The first kappa shape index (κ1) is 23.2. The molecular weight excluding hydrogens is 455 g/mol. The van der Waals surface area contributed by atoms with Crippen LogP contribution >= 0.6 is 24.0 Å². The molecule has 0 bridgehead atoms. The number of guanidine groups is 1. The van der Waals surface area contributed by atoms with Gasteiger partial charge >= 0.3 is 0 Å². The number of hydrogen-bond donors (Lipinski definition) is 2. The van der Waals surface area contributed by atoms with Crippen LogP contribution in [0.25, 0.3) is 0 Å². The molecule has 0 aliphatic heterocycles. The number of ether oxygens (including phenoxy) is 1. The summed E-state index contributed by atoms with van der Waals surface area (Å²) in [4.78, 5) is 4.27. The molecule has 0 atom stereocenters. The van der Waals surface area contributed by atoms with Gasteiger partial charge in [0, 0.05) is 33.1 Å². The van der Waals surface area contributed by atoms with Crippen molar-refractivity contribution in [2.75, 3.05) is 20.2 Å². The number of aliphatic imine (C=N–C) groups is 1. The fourth-order valence-electron chi connectivity index (χ4n) is 2.52. The van der Waals surface area contributed by atoms with Crippen LogP contribution < -0.4 is 15.4 Å². The van der Waals surface area contributed by atoms with E-state index in [1.54, 1.807) is 13.4 Å². The molecule has 0 radical (unpaired) electrons. The maximum Gasteiger partial charge on any atom is 0.191 e. The molecule has 2 N–H and O–H groups in total. The molecule has 0 aliphatic carbocycles. The number of nitrogens with one attached hydrogen (secondary N) is 2.